The lowest BCUT2D eigenvalue weighted by atomic mass is 10.1. The Morgan fingerprint density at radius 1 is 0.806 bits per heavy atom. The lowest BCUT2D eigenvalue weighted by molar-refractivity contribution is 0.0746. The van der Waals surface area contributed by atoms with Crippen LogP contribution in [0.15, 0.2) is 97.5 Å². The number of carbonyl (C=O) groups is 1. The molecule has 0 aliphatic carbocycles. The van der Waals surface area contributed by atoms with E-state index in [0.717, 1.165) is 39.2 Å². The summed E-state index contributed by atoms with van der Waals surface area (Å²) in [5.41, 5.74) is 6.12. The molecule has 178 valence electrons. The van der Waals surface area contributed by atoms with Gasteiger partial charge in [-0.05, 0) is 42.3 Å². The molecule has 1 saturated heterocycles. The van der Waals surface area contributed by atoms with Crippen molar-refractivity contribution in [2.75, 3.05) is 31.1 Å². The molecule has 0 saturated carbocycles. The van der Waals surface area contributed by atoms with E-state index in [9.17, 15) is 4.79 Å². The van der Waals surface area contributed by atoms with Crippen LogP contribution in [-0.2, 0) is 0 Å². The summed E-state index contributed by atoms with van der Waals surface area (Å²) in [4.78, 5) is 26.7. The van der Waals surface area contributed by atoms with Crippen molar-refractivity contribution in [3.05, 3.63) is 109 Å². The third-order valence-corrected chi connectivity index (χ3v) is 6.81. The third kappa shape index (κ3) is 4.01. The Bertz CT molecular complexity index is 1520. The van der Waals surface area contributed by atoms with Crippen molar-refractivity contribution < 1.29 is 4.79 Å². The Labute approximate surface area is 210 Å². The number of piperazine rings is 1. The van der Waals surface area contributed by atoms with Gasteiger partial charge in [0.2, 0.25) is 0 Å². The Morgan fingerprint density at radius 3 is 2.25 bits per heavy atom. The highest BCUT2D eigenvalue weighted by atomic mass is 16.2. The molecule has 3 heterocycles. The fraction of sp³-hybridized carbons (Fsp3) is 0.167. The van der Waals surface area contributed by atoms with Crippen LogP contribution in [0.5, 0.6) is 0 Å². The van der Waals surface area contributed by atoms with E-state index in [0.29, 0.717) is 26.2 Å². The van der Waals surface area contributed by atoms with Gasteiger partial charge in [-0.25, -0.2) is 9.97 Å². The Kier molecular flexibility index (Phi) is 5.70. The van der Waals surface area contributed by atoms with Gasteiger partial charge in [0.15, 0.2) is 5.65 Å². The highest BCUT2D eigenvalue weighted by Gasteiger charge is 2.26. The van der Waals surface area contributed by atoms with Crippen LogP contribution in [0.3, 0.4) is 0 Å². The number of aromatic nitrogens is 3. The maximum absolute atomic E-state index is 13.0. The van der Waals surface area contributed by atoms with E-state index in [2.05, 4.69) is 71.1 Å². The maximum Gasteiger partial charge on any atom is 0.253 e. The lowest BCUT2D eigenvalue weighted by Crippen LogP contribution is -2.49. The number of fused-ring (bicyclic) bond motifs is 1. The van der Waals surface area contributed by atoms with E-state index < -0.39 is 0 Å². The van der Waals surface area contributed by atoms with Crippen LogP contribution in [0, 0.1) is 6.92 Å². The first-order chi connectivity index (χ1) is 17.7. The number of hydrogen-bond donors (Lipinski definition) is 0. The monoisotopic (exact) mass is 473 g/mol. The molecule has 0 radical (unpaired) electrons. The lowest BCUT2D eigenvalue weighted by Gasteiger charge is -2.35. The second kappa shape index (κ2) is 9.30. The zero-order valence-corrected chi connectivity index (χ0v) is 20.2. The minimum absolute atomic E-state index is 0.0821. The first-order valence-electron chi connectivity index (χ1n) is 12.3. The number of carbonyl (C=O) groups excluding carboxylic acids is 1. The van der Waals surface area contributed by atoms with E-state index in [-0.39, 0.29) is 5.91 Å². The summed E-state index contributed by atoms with van der Waals surface area (Å²) in [5, 5.41) is 1.04. The zero-order chi connectivity index (χ0) is 24.5. The average Bonchev–Trinajstić information content (AvgIpc) is 3.34. The maximum atomic E-state index is 13.0. The van der Waals surface area contributed by atoms with Gasteiger partial charge in [0.25, 0.3) is 5.91 Å². The SMILES string of the molecule is Cc1cccc(-n2cc(-c3ccccc3)c3c(N4CCN(C(=O)c5ccccc5)CC4)ncnc32)c1. The number of rotatable bonds is 4. The fourth-order valence-corrected chi connectivity index (χ4v) is 4.98. The second-order valence-electron chi connectivity index (χ2n) is 9.16. The van der Waals surface area contributed by atoms with Crippen LogP contribution >= 0.6 is 0 Å². The third-order valence-electron chi connectivity index (χ3n) is 6.81. The molecule has 6 heteroatoms. The summed E-state index contributed by atoms with van der Waals surface area (Å²) in [7, 11) is 0. The van der Waals surface area contributed by atoms with Crippen molar-refractivity contribution in [3.8, 4) is 16.8 Å². The van der Waals surface area contributed by atoms with Crippen molar-refractivity contribution in [1.29, 1.82) is 0 Å². The number of hydrogen-bond acceptors (Lipinski definition) is 4. The number of aryl methyl sites for hydroxylation is 1. The molecule has 0 unspecified atom stereocenters. The Morgan fingerprint density at radius 2 is 1.53 bits per heavy atom. The van der Waals surface area contributed by atoms with Gasteiger partial charge in [0, 0.05) is 49.2 Å². The summed E-state index contributed by atoms with van der Waals surface area (Å²) in [5.74, 6) is 0.996. The average molecular weight is 474 g/mol. The van der Waals surface area contributed by atoms with Crippen LogP contribution < -0.4 is 4.90 Å². The molecule has 0 bridgehead atoms. The smallest absolute Gasteiger partial charge is 0.253 e. The van der Waals surface area contributed by atoms with Gasteiger partial charge in [0.05, 0.1) is 5.39 Å². The van der Waals surface area contributed by atoms with Crippen molar-refractivity contribution >= 4 is 22.8 Å². The highest BCUT2D eigenvalue weighted by molar-refractivity contribution is 6.02. The van der Waals surface area contributed by atoms with Gasteiger partial charge >= 0.3 is 0 Å². The van der Waals surface area contributed by atoms with E-state index in [4.69, 9.17) is 9.97 Å². The number of nitrogens with zero attached hydrogens (tertiary/aromatic N) is 5. The van der Waals surface area contributed by atoms with E-state index in [1.54, 1.807) is 6.33 Å². The molecule has 1 aliphatic heterocycles. The molecule has 3 aromatic carbocycles. The van der Waals surface area contributed by atoms with E-state index in [1.165, 1.54) is 5.56 Å². The van der Waals surface area contributed by atoms with Crippen LogP contribution in [0.4, 0.5) is 5.82 Å². The first kappa shape index (κ1) is 22.0. The number of benzene rings is 3. The van der Waals surface area contributed by atoms with Crippen molar-refractivity contribution in [1.82, 2.24) is 19.4 Å². The predicted octanol–water partition coefficient (Wildman–Crippen LogP) is 5.36. The van der Waals surface area contributed by atoms with Gasteiger partial charge in [-0.2, -0.15) is 0 Å². The van der Waals surface area contributed by atoms with Crippen LogP contribution in [0.1, 0.15) is 15.9 Å². The van der Waals surface area contributed by atoms with Crippen molar-refractivity contribution in [2.45, 2.75) is 6.92 Å². The van der Waals surface area contributed by atoms with Crippen LogP contribution in [0.2, 0.25) is 0 Å². The molecular weight excluding hydrogens is 446 g/mol. The van der Waals surface area contributed by atoms with Gasteiger partial charge in [-0.3, -0.25) is 4.79 Å². The van der Waals surface area contributed by atoms with E-state index >= 15 is 0 Å². The standard InChI is InChI=1S/C30H27N5O/c1-22-9-8-14-25(19-22)35-20-26(23-10-4-2-5-11-23)27-28(31-21-32-29(27)35)33-15-17-34(18-16-33)30(36)24-12-6-3-7-13-24/h2-14,19-21H,15-18H2,1H3. The molecule has 1 fully saturated rings. The quantitative estimate of drug-likeness (QED) is 0.353. The van der Waals surface area contributed by atoms with Gasteiger partial charge in [-0.15, -0.1) is 0 Å². The molecule has 1 amide bonds. The largest absolute Gasteiger partial charge is 0.352 e. The van der Waals surface area contributed by atoms with Crippen molar-refractivity contribution in [2.24, 2.45) is 0 Å². The first-order valence-corrected chi connectivity index (χ1v) is 12.3. The second-order valence-corrected chi connectivity index (χ2v) is 9.16. The minimum atomic E-state index is 0.0821. The summed E-state index contributed by atoms with van der Waals surface area (Å²) < 4.78 is 2.16. The number of amides is 1. The van der Waals surface area contributed by atoms with Crippen LogP contribution in [0.25, 0.3) is 27.8 Å². The highest BCUT2D eigenvalue weighted by Crippen LogP contribution is 2.37. The number of anilines is 1. The summed E-state index contributed by atoms with van der Waals surface area (Å²) >= 11 is 0. The van der Waals surface area contributed by atoms with Crippen molar-refractivity contribution in [3.63, 3.8) is 0 Å². The molecule has 6 rings (SSSR count). The summed E-state index contributed by atoms with van der Waals surface area (Å²) in [6, 6.07) is 28.4. The predicted molar refractivity (Wildman–Crippen MR) is 144 cm³/mol. The topological polar surface area (TPSA) is 54.3 Å². The molecule has 6 nitrogen and oxygen atoms in total. The molecule has 0 N–H and O–H groups in total. The molecule has 0 spiro atoms. The molecular formula is C30H27N5O. The van der Waals surface area contributed by atoms with Gasteiger partial charge in [-0.1, -0.05) is 60.7 Å². The summed E-state index contributed by atoms with van der Waals surface area (Å²) in [6.07, 6.45) is 3.82. The summed E-state index contributed by atoms with van der Waals surface area (Å²) in [6.45, 7) is 4.84. The van der Waals surface area contributed by atoms with Crippen LogP contribution in [-0.4, -0.2) is 51.5 Å². The Balaban J connectivity index is 1.39. The Hall–Kier alpha value is -4.45. The fourth-order valence-electron chi connectivity index (χ4n) is 4.98. The normalized spacial score (nSPS) is 13.8. The zero-order valence-electron chi connectivity index (χ0n) is 20.2. The minimum Gasteiger partial charge on any atom is -0.352 e. The van der Waals surface area contributed by atoms with E-state index in [1.807, 2.05) is 41.3 Å². The van der Waals surface area contributed by atoms with Gasteiger partial charge < -0.3 is 14.4 Å². The molecule has 1 aliphatic rings. The molecule has 5 aromatic rings. The molecule has 0 atom stereocenters. The molecule has 2 aromatic heterocycles. The van der Waals surface area contributed by atoms with Gasteiger partial charge in [0.1, 0.15) is 12.1 Å². The molecule has 36 heavy (non-hydrogen) atoms.